The van der Waals surface area contributed by atoms with Crippen LogP contribution in [0.4, 0.5) is 0 Å². The summed E-state index contributed by atoms with van der Waals surface area (Å²) in [5.74, 6) is -0.0299. The maximum atomic E-state index is 11.0. The molecule has 1 amide bonds. The van der Waals surface area contributed by atoms with E-state index in [0.717, 1.165) is 13.0 Å². The molecule has 0 aliphatic heterocycles. The van der Waals surface area contributed by atoms with Gasteiger partial charge in [-0.3, -0.25) is 9.79 Å². The number of nitrogens with one attached hydrogen (secondary N) is 2. The van der Waals surface area contributed by atoms with Crippen LogP contribution in [0, 0.1) is 0 Å². The van der Waals surface area contributed by atoms with Gasteiger partial charge in [0.2, 0.25) is 5.91 Å². The van der Waals surface area contributed by atoms with Crippen LogP contribution in [0.5, 0.6) is 0 Å². The third-order valence-corrected chi connectivity index (χ3v) is 1.51. The van der Waals surface area contributed by atoms with Crippen molar-refractivity contribution < 1.29 is 9.90 Å². The first-order valence-corrected chi connectivity index (χ1v) is 4.90. The number of carbonyl (C=O) groups is 1. The molecule has 0 aromatic carbocycles. The molecule has 0 atom stereocenters. The lowest BCUT2D eigenvalue weighted by atomic mass is 10.3. The highest BCUT2D eigenvalue weighted by molar-refractivity contribution is 5.75. The van der Waals surface area contributed by atoms with Crippen LogP contribution in [0.1, 0.15) is 19.8 Å². The number of aliphatic hydroxyl groups excluding tert-OH is 1. The highest BCUT2D eigenvalue weighted by atomic mass is 16.3. The Hall–Kier alpha value is -1.10. The fourth-order valence-corrected chi connectivity index (χ4v) is 0.835. The third-order valence-electron chi connectivity index (χ3n) is 1.51. The van der Waals surface area contributed by atoms with Gasteiger partial charge in [0.15, 0.2) is 0 Å². The summed E-state index contributed by atoms with van der Waals surface area (Å²) in [5, 5.41) is 14.0. The Kier molecular flexibility index (Phi) is 9.20. The highest BCUT2D eigenvalue weighted by Crippen LogP contribution is 1.88. The Morgan fingerprint density at radius 3 is 3.00 bits per heavy atom. The summed E-state index contributed by atoms with van der Waals surface area (Å²) < 4.78 is 0. The van der Waals surface area contributed by atoms with Gasteiger partial charge in [-0.2, -0.15) is 0 Å². The van der Waals surface area contributed by atoms with Crippen molar-refractivity contribution in [2.24, 2.45) is 4.99 Å². The molecule has 0 radical (unpaired) electrons. The fourth-order valence-electron chi connectivity index (χ4n) is 0.835. The molecule has 82 valence electrons. The molecule has 0 aliphatic carbocycles. The van der Waals surface area contributed by atoms with Crippen molar-refractivity contribution in [1.29, 1.82) is 0 Å². The molecule has 0 bridgehead atoms. The average molecular weight is 201 g/mol. The standard InChI is InChI=1S/C9H19N3O2/c1-2-10-8-11-5-3-4-9(14)12-6-7-13/h8,13H,2-7H2,1H3,(H,10,11)(H,12,14). The number of nitrogens with zero attached hydrogens (tertiary/aromatic N) is 1. The summed E-state index contributed by atoms with van der Waals surface area (Å²) in [5.41, 5.74) is 0. The Balaban J connectivity index is 3.22. The molecule has 0 saturated heterocycles. The van der Waals surface area contributed by atoms with Gasteiger partial charge in [0.05, 0.1) is 12.9 Å². The van der Waals surface area contributed by atoms with Crippen molar-refractivity contribution in [2.75, 3.05) is 26.2 Å². The minimum atomic E-state index is -0.0299. The smallest absolute Gasteiger partial charge is 0.220 e. The van der Waals surface area contributed by atoms with Crippen LogP contribution in [-0.4, -0.2) is 43.6 Å². The van der Waals surface area contributed by atoms with E-state index in [0.29, 0.717) is 19.5 Å². The van der Waals surface area contributed by atoms with Crippen molar-refractivity contribution in [3.8, 4) is 0 Å². The second-order valence-corrected chi connectivity index (χ2v) is 2.77. The van der Waals surface area contributed by atoms with Crippen molar-refractivity contribution in [3.05, 3.63) is 0 Å². The summed E-state index contributed by atoms with van der Waals surface area (Å²) in [6.07, 6.45) is 2.86. The van der Waals surface area contributed by atoms with Gasteiger partial charge in [-0.25, -0.2) is 0 Å². The van der Waals surface area contributed by atoms with Gasteiger partial charge in [0, 0.05) is 26.1 Å². The van der Waals surface area contributed by atoms with Crippen LogP contribution in [0.25, 0.3) is 0 Å². The summed E-state index contributed by atoms with van der Waals surface area (Å²) in [4.78, 5) is 15.0. The number of rotatable bonds is 8. The molecule has 0 spiro atoms. The van der Waals surface area contributed by atoms with Gasteiger partial charge in [-0.15, -0.1) is 0 Å². The highest BCUT2D eigenvalue weighted by Gasteiger charge is 1.97. The van der Waals surface area contributed by atoms with E-state index >= 15 is 0 Å². The molecule has 0 unspecified atom stereocenters. The molecular formula is C9H19N3O2. The van der Waals surface area contributed by atoms with Gasteiger partial charge in [0.25, 0.3) is 0 Å². The molecule has 14 heavy (non-hydrogen) atoms. The second-order valence-electron chi connectivity index (χ2n) is 2.77. The maximum absolute atomic E-state index is 11.0. The minimum absolute atomic E-state index is 0.00961. The molecule has 5 nitrogen and oxygen atoms in total. The monoisotopic (exact) mass is 201 g/mol. The number of aliphatic hydroxyl groups is 1. The average Bonchev–Trinajstić information content (AvgIpc) is 2.20. The Labute approximate surface area is 84.6 Å². The lowest BCUT2D eigenvalue weighted by Gasteiger charge is -2.00. The first-order valence-electron chi connectivity index (χ1n) is 4.90. The fraction of sp³-hybridized carbons (Fsp3) is 0.778. The van der Waals surface area contributed by atoms with E-state index in [4.69, 9.17) is 5.11 Å². The van der Waals surface area contributed by atoms with Crippen molar-refractivity contribution >= 4 is 12.2 Å². The van der Waals surface area contributed by atoms with E-state index in [1.165, 1.54) is 0 Å². The molecule has 0 aromatic rings. The van der Waals surface area contributed by atoms with E-state index in [1.54, 1.807) is 6.34 Å². The molecule has 0 saturated carbocycles. The van der Waals surface area contributed by atoms with E-state index in [9.17, 15) is 4.79 Å². The van der Waals surface area contributed by atoms with Crippen molar-refractivity contribution in [1.82, 2.24) is 10.6 Å². The van der Waals surface area contributed by atoms with E-state index in [-0.39, 0.29) is 12.5 Å². The minimum Gasteiger partial charge on any atom is -0.395 e. The topological polar surface area (TPSA) is 73.7 Å². The molecule has 5 heteroatoms. The zero-order valence-electron chi connectivity index (χ0n) is 8.62. The number of amides is 1. The number of hydrogen-bond acceptors (Lipinski definition) is 3. The molecule has 0 aromatic heterocycles. The summed E-state index contributed by atoms with van der Waals surface area (Å²) >= 11 is 0. The van der Waals surface area contributed by atoms with Crippen molar-refractivity contribution in [3.63, 3.8) is 0 Å². The summed E-state index contributed by atoms with van der Waals surface area (Å²) in [6, 6.07) is 0. The Morgan fingerprint density at radius 2 is 2.36 bits per heavy atom. The predicted octanol–water partition coefficient (Wildman–Crippen LogP) is -0.487. The van der Waals surface area contributed by atoms with Crippen molar-refractivity contribution in [2.45, 2.75) is 19.8 Å². The number of hydrogen-bond donors (Lipinski definition) is 3. The largest absolute Gasteiger partial charge is 0.395 e. The third kappa shape index (κ3) is 8.99. The van der Waals surface area contributed by atoms with Crippen LogP contribution in [0.15, 0.2) is 4.99 Å². The van der Waals surface area contributed by atoms with Gasteiger partial charge < -0.3 is 15.7 Å². The van der Waals surface area contributed by atoms with Gasteiger partial charge >= 0.3 is 0 Å². The quantitative estimate of drug-likeness (QED) is 0.282. The lowest BCUT2D eigenvalue weighted by molar-refractivity contribution is -0.121. The van der Waals surface area contributed by atoms with Crippen LogP contribution < -0.4 is 10.6 Å². The maximum Gasteiger partial charge on any atom is 0.220 e. The summed E-state index contributed by atoms with van der Waals surface area (Å²) in [6.45, 7) is 3.83. The molecular weight excluding hydrogens is 182 g/mol. The van der Waals surface area contributed by atoms with Crippen LogP contribution in [0.3, 0.4) is 0 Å². The SMILES string of the molecule is CCN/C=N\CCCC(=O)NCCO. The van der Waals surface area contributed by atoms with Crippen LogP contribution in [0.2, 0.25) is 0 Å². The van der Waals surface area contributed by atoms with Gasteiger partial charge in [-0.1, -0.05) is 0 Å². The van der Waals surface area contributed by atoms with Crippen LogP contribution in [-0.2, 0) is 4.79 Å². The zero-order chi connectivity index (χ0) is 10.6. The molecule has 3 N–H and O–H groups in total. The van der Waals surface area contributed by atoms with E-state index < -0.39 is 0 Å². The lowest BCUT2D eigenvalue weighted by Crippen LogP contribution is -2.26. The van der Waals surface area contributed by atoms with Gasteiger partial charge in [-0.05, 0) is 13.3 Å². The number of aliphatic imine (C=N–C) groups is 1. The van der Waals surface area contributed by atoms with E-state index in [2.05, 4.69) is 15.6 Å². The Bertz CT molecular complexity index is 171. The first kappa shape index (κ1) is 12.9. The summed E-state index contributed by atoms with van der Waals surface area (Å²) in [7, 11) is 0. The van der Waals surface area contributed by atoms with E-state index in [1.807, 2.05) is 6.92 Å². The van der Waals surface area contributed by atoms with Crippen LogP contribution >= 0.6 is 0 Å². The molecule has 0 aliphatic rings. The predicted molar refractivity (Wildman–Crippen MR) is 56.4 cm³/mol. The first-order chi connectivity index (χ1) is 6.81. The normalized spacial score (nSPS) is 10.4. The second kappa shape index (κ2) is 9.98. The Morgan fingerprint density at radius 1 is 1.57 bits per heavy atom. The van der Waals surface area contributed by atoms with Gasteiger partial charge in [0.1, 0.15) is 0 Å². The molecule has 0 fully saturated rings. The molecule has 0 rings (SSSR count). The zero-order valence-corrected chi connectivity index (χ0v) is 8.62. The number of carbonyl (C=O) groups excluding carboxylic acids is 1. The molecule has 0 heterocycles.